The molecule has 1 aromatic rings. The number of nitrogens with one attached hydrogen (secondary N) is 2. The third kappa shape index (κ3) is 6.64. The minimum absolute atomic E-state index is 0.125. The van der Waals surface area contributed by atoms with Gasteiger partial charge in [0.25, 0.3) is 0 Å². The number of carbonyl (C=O) groups is 2. The Morgan fingerprint density at radius 1 is 1.42 bits per heavy atom. The first-order valence-corrected chi connectivity index (χ1v) is 12.7. The van der Waals surface area contributed by atoms with Crippen molar-refractivity contribution in [3.8, 4) is 0 Å². The second-order valence-corrected chi connectivity index (χ2v) is 10.4. The van der Waals surface area contributed by atoms with Crippen molar-refractivity contribution in [3.05, 3.63) is 24.0 Å². The monoisotopic (exact) mass is 471 g/mol. The highest BCUT2D eigenvalue weighted by molar-refractivity contribution is 8.77. The van der Waals surface area contributed by atoms with Gasteiger partial charge in [-0.1, -0.05) is 21.6 Å². The lowest BCUT2D eigenvalue weighted by molar-refractivity contribution is -0.119. The number of anilines is 2. The summed E-state index contributed by atoms with van der Waals surface area (Å²) in [6, 6.07) is 4.88. The maximum absolute atomic E-state index is 15.1. The third-order valence-corrected chi connectivity index (χ3v) is 7.71. The molecule has 2 amide bonds. The van der Waals surface area contributed by atoms with Crippen LogP contribution in [0.5, 0.6) is 0 Å². The van der Waals surface area contributed by atoms with Crippen LogP contribution in [-0.2, 0) is 9.53 Å². The van der Waals surface area contributed by atoms with Crippen molar-refractivity contribution in [3.63, 3.8) is 0 Å². The van der Waals surface area contributed by atoms with Crippen LogP contribution in [0.25, 0.3) is 0 Å². The molecule has 1 aromatic carbocycles. The standard InChI is InChI=1S/C20H30FN5O3S2/c1-14(27)23-11-16-13-26(20(28)29-16)15-4-5-18(17(21)10-15)25-7-6-22-12-19(25)31-30-9-8-24(2)3/h4-5,10,16,19,22H,6-9,11-13H2,1-3H3,(H,23,27). The quantitative estimate of drug-likeness (QED) is 0.418. The zero-order valence-corrected chi connectivity index (χ0v) is 19.7. The Hall–Kier alpha value is -1.69. The van der Waals surface area contributed by atoms with Crippen molar-refractivity contribution in [2.75, 3.05) is 68.9 Å². The number of benzene rings is 1. The molecule has 11 heteroatoms. The summed E-state index contributed by atoms with van der Waals surface area (Å²) in [7, 11) is 7.65. The molecule has 31 heavy (non-hydrogen) atoms. The van der Waals surface area contributed by atoms with E-state index in [1.54, 1.807) is 33.7 Å². The van der Waals surface area contributed by atoms with Gasteiger partial charge in [0.15, 0.2) is 0 Å². The number of cyclic esters (lactones) is 1. The molecule has 172 valence electrons. The molecule has 2 N–H and O–H groups in total. The van der Waals surface area contributed by atoms with Gasteiger partial charge in [0, 0.05) is 38.9 Å². The van der Waals surface area contributed by atoms with Gasteiger partial charge in [0.2, 0.25) is 5.91 Å². The molecule has 0 bridgehead atoms. The van der Waals surface area contributed by atoms with Crippen LogP contribution in [0.15, 0.2) is 18.2 Å². The lowest BCUT2D eigenvalue weighted by Crippen LogP contribution is -2.49. The minimum Gasteiger partial charge on any atom is -0.442 e. The molecule has 2 fully saturated rings. The molecule has 2 atom stereocenters. The Morgan fingerprint density at radius 3 is 2.94 bits per heavy atom. The second kappa shape index (κ2) is 11.3. The van der Waals surface area contributed by atoms with Gasteiger partial charge in [0.05, 0.1) is 29.8 Å². The molecule has 2 unspecified atom stereocenters. The smallest absolute Gasteiger partial charge is 0.414 e. The number of carbonyl (C=O) groups excluding carboxylic acids is 2. The number of ether oxygens (including phenoxy) is 1. The first kappa shape index (κ1) is 24.0. The Balaban J connectivity index is 1.65. The fourth-order valence-corrected chi connectivity index (χ4v) is 6.08. The van der Waals surface area contributed by atoms with Crippen LogP contribution in [0.1, 0.15) is 6.92 Å². The van der Waals surface area contributed by atoms with E-state index in [1.165, 1.54) is 17.9 Å². The molecule has 0 aliphatic carbocycles. The molecule has 8 nitrogen and oxygen atoms in total. The maximum Gasteiger partial charge on any atom is 0.414 e. The summed E-state index contributed by atoms with van der Waals surface area (Å²) in [6.07, 6.45) is -0.984. The van der Waals surface area contributed by atoms with Gasteiger partial charge in [-0.05, 0) is 32.3 Å². The molecule has 2 aliphatic rings. The van der Waals surface area contributed by atoms with E-state index >= 15 is 4.39 Å². The van der Waals surface area contributed by atoms with Crippen LogP contribution < -0.4 is 20.4 Å². The zero-order chi connectivity index (χ0) is 22.4. The number of amides is 2. The van der Waals surface area contributed by atoms with Gasteiger partial charge >= 0.3 is 6.09 Å². The number of rotatable bonds is 9. The molecule has 3 rings (SSSR count). The second-order valence-electron chi connectivity index (χ2n) is 7.76. The van der Waals surface area contributed by atoms with Gasteiger partial charge in [-0.2, -0.15) is 0 Å². The van der Waals surface area contributed by atoms with E-state index in [-0.39, 0.29) is 30.2 Å². The predicted molar refractivity (Wildman–Crippen MR) is 125 cm³/mol. The topological polar surface area (TPSA) is 77.2 Å². The number of piperazine rings is 1. The van der Waals surface area contributed by atoms with Gasteiger partial charge in [-0.15, -0.1) is 0 Å². The predicted octanol–water partition coefficient (Wildman–Crippen LogP) is 1.97. The molecule has 0 saturated carbocycles. The molecule has 2 aliphatic heterocycles. The number of nitrogens with zero attached hydrogens (tertiary/aromatic N) is 3. The van der Waals surface area contributed by atoms with Gasteiger partial charge in [-0.25, -0.2) is 9.18 Å². The van der Waals surface area contributed by atoms with Crippen molar-refractivity contribution in [2.24, 2.45) is 0 Å². The summed E-state index contributed by atoms with van der Waals surface area (Å²) in [5, 5.41) is 6.15. The average molecular weight is 472 g/mol. The van der Waals surface area contributed by atoms with Crippen LogP contribution in [0.2, 0.25) is 0 Å². The number of hydrogen-bond donors (Lipinski definition) is 2. The number of hydrogen-bond acceptors (Lipinski definition) is 8. The van der Waals surface area contributed by atoms with Gasteiger partial charge in [0.1, 0.15) is 11.9 Å². The average Bonchev–Trinajstić information content (AvgIpc) is 3.10. The summed E-state index contributed by atoms with van der Waals surface area (Å²) in [5.41, 5.74) is 0.995. The fourth-order valence-electron chi connectivity index (χ4n) is 3.38. The highest BCUT2D eigenvalue weighted by Crippen LogP contribution is 2.35. The molecular weight excluding hydrogens is 441 g/mol. The van der Waals surface area contributed by atoms with Crippen LogP contribution in [0.4, 0.5) is 20.6 Å². The molecule has 0 spiro atoms. The van der Waals surface area contributed by atoms with Crippen molar-refractivity contribution < 1.29 is 18.7 Å². The van der Waals surface area contributed by atoms with E-state index in [9.17, 15) is 9.59 Å². The fraction of sp³-hybridized carbons (Fsp3) is 0.600. The van der Waals surface area contributed by atoms with E-state index in [1.807, 2.05) is 0 Å². The van der Waals surface area contributed by atoms with E-state index in [0.717, 1.165) is 25.4 Å². The Labute approximate surface area is 190 Å². The highest BCUT2D eigenvalue weighted by Gasteiger charge is 2.33. The van der Waals surface area contributed by atoms with Gasteiger partial charge in [-0.3, -0.25) is 9.69 Å². The minimum atomic E-state index is -0.532. The van der Waals surface area contributed by atoms with Crippen molar-refractivity contribution >= 4 is 45.0 Å². The summed E-state index contributed by atoms with van der Waals surface area (Å²) in [5.74, 6) is 0.454. The van der Waals surface area contributed by atoms with Crippen molar-refractivity contribution in [1.29, 1.82) is 0 Å². The SMILES string of the molecule is CC(=O)NCC1CN(c2ccc(N3CCNCC3SSCCN(C)C)c(F)c2)C(=O)O1. The van der Waals surface area contributed by atoms with Crippen molar-refractivity contribution in [1.82, 2.24) is 15.5 Å². The van der Waals surface area contributed by atoms with Gasteiger partial charge < -0.3 is 25.2 Å². The molecule has 0 aromatic heterocycles. The highest BCUT2D eigenvalue weighted by atomic mass is 33.1. The van der Waals surface area contributed by atoms with Crippen LogP contribution in [-0.4, -0.2) is 87.5 Å². The molecular formula is C20H30FN5O3S2. The Kier molecular flexibility index (Phi) is 8.70. The van der Waals surface area contributed by atoms with Crippen LogP contribution in [0.3, 0.4) is 0 Å². The largest absolute Gasteiger partial charge is 0.442 e. The van der Waals surface area contributed by atoms with E-state index in [2.05, 4.69) is 34.5 Å². The first-order valence-electron chi connectivity index (χ1n) is 10.3. The molecule has 2 heterocycles. The van der Waals surface area contributed by atoms with E-state index < -0.39 is 12.2 Å². The summed E-state index contributed by atoms with van der Waals surface area (Å²) < 4.78 is 20.4. The summed E-state index contributed by atoms with van der Waals surface area (Å²) >= 11 is 0. The zero-order valence-electron chi connectivity index (χ0n) is 18.1. The lowest BCUT2D eigenvalue weighted by atomic mass is 10.2. The normalized spacial score (nSPS) is 21.5. The Bertz CT molecular complexity index is 785. The Morgan fingerprint density at radius 2 is 2.23 bits per heavy atom. The van der Waals surface area contributed by atoms with Crippen LogP contribution >= 0.6 is 21.6 Å². The summed E-state index contributed by atoms with van der Waals surface area (Å²) in [6.45, 7) is 5.21. The first-order chi connectivity index (χ1) is 14.8. The molecule has 0 radical (unpaired) electrons. The van der Waals surface area contributed by atoms with Crippen molar-refractivity contribution in [2.45, 2.75) is 18.4 Å². The third-order valence-electron chi connectivity index (χ3n) is 5.00. The maximum atomic E-state index is 15.1. The summed E-state index contributed by atoms with van der Waals surface area (Å²) in [4.78, 5) is 28.9. The molecule has 2 saturated heterocycles. The van der Waals surface area contributed by atoms with Crippen LogP contribution in [0, 0.1) is 5.82 Å². The lowest BCUT2D eigenvalue weighted by Gasteiger charge is -2.37. The van der Waals surface area contributed by atoms with E-state index in [4.69, 9.17) is 4.74 Å². The number of halogens is 1. The van der Waals surface area contributed by atoms with E-state index in [0.29, 0.717) is 17.9 Å².